The van der Waals surface area contributed by atoms with Crippen molar-refractivity contribution in [3.63, 3.8) is 0 Å². The van der Waals surface area contributed by atoms with Gasteiger partial charge in [-0.3, -0.25) is 4.99 Å². The molecule has 0 atom stereocenters. The van der Waals surface area contributed by atoms with E-state index in [1.165, 1.54) is 25.9 Å². The van der Waals surface area contributed by atoms with E-state index in [-0.39, 0.29) is 24.0 Å². The van der Waals surface area contributed by atoms with Crippen LogP contribution in [0.15, 0.2) is 4.99 Å². The van der Waals surface area contributed by atoms with Crippen molar-refractivity contribution in [1.82, 2.24) is 15.5 Å². The fraction of sp³-hybridized carbons (Fsp3) is 0.941. The van der Waals surface area contributed by atoms with Crippen molar-refractivity contribution < 1.29 is 4.74 Å². The van der Waals surface area contributed by atoms with Gasteiger partial charge in [0.15, 0.2) is 5.96 Å². The monoisotopic (exact) mass is 440 g/mol. The molecule has 1 saturated heterocycles. The molecule has 0 aliphatic carbocycles. The zero-order valence-electron chi connectivity index (χ0n) is 15.4. The zero-order valence-corrected chi connectivity index (χ0v) is 17.8. The second-order valence-corrected chi connectivity index (χ2v) is 6.69. The number of halogens is 1. The van der Waals surface area contributed by atoms with Crippen LogP contribution >= 0.6 is 24.0 Å². The molecule has 0 saturated carbocycles. The standard InChI is InChI=1S/C17H36N4O.HI/c1-5-18-17(19-9-13-22-12-8-15(2)3)20-14-16-6-10-21(4)11-7-16;/h15-16H,5-14H2,1-4H3,(H2,18,19,20);1H. The molecular weight excluding hydrogens is 403 g/mol. The fourth-order valence-corrected chi connectivity index (χ4v) is 2.47. The van der Waals surface area contributed by atoms with E-state index >= 15 is 0 Å². The van der Waals surface area contributed by atoms with Gasteiger partial charge in [0.2, 0.25) is 0 Å². The summed E-state index contributed by atoms with van der Waals surface area (Å²) in [5.74, 6) is 2.37. The molecule has 1 aliphatic rings. The van der Waals surface area contributed by atoms with Crippen LogP contribution in [-0.4, -0.2) is 63.8 Å². The molecule has 0 amide bonds. The van der Waals surface area contributed by atoms with Crippen LogP contribution in [0.4, 0.5) is 0 Å². The molecule has 2 N–H and O–H groups in total. The van der Waals surface area contributed by atoms with Gasteiger partial charge in [-0.15, -0.1) is 24.0 Å². The average molecular weight is 440 g/mol. The van der Waals surface area contributed by atoms with E-state index in [1.807, 2.05) is 0 Å². The molecule has 6 heteroatoms. The molecule has 1 aliphatic heterocycles. The predicted octanol–water partition coefficient (Wildman–Crippen LogP) is 2.56. The Balaban J connectivity index is 0.00000484. The van der Waals surface area contributed by atoms with Crippen molar-refractivity contribution in [1.29, 1.82) is 0 Å². The lowest BCUT2D eigenvalue weighted by Gasteiger charge is -2.28. The Labute approximate surface area is 160 Å². The van der Waals surface area contributed by atoms with Gasteiger partial charge in [0, 0.05) is 26.2 Å². The summed E-state index contributed by atoms with van der Waals surface area (Å²) in [7, 11) is 2.20. The largest absolute Gasteiger partial charge is 0.380 e. The molecule has 138 valence electrons. The van der Waals surface area contributed by atoms with E-state index in [2.05, 4.69) is 43.4 Å². The van der Waals surface area contributed by atoms with Crippen LogP contribution in [0.2, 0.25) is 0 Å². The normalized spacial score (nSPS) is 17.2. The molecule has 0 unspecified atom stereocenters. The van der Waals surface area contributed by atoms with Gasteiger partial charge in [-0.2, -0.15) is 0 Å². The highest BCUT2D eigenvalue weighted by Gasteiger charge is 2.16. The van der Waals surface area contributed by atoms with E-state index in [4.69, 9.17) is 9.73 Å². The minimum absolute atomic E-state index is 0. The number of nitrogens with zero attached hydrogens (tertiary/aromatic N) is 2. The Hall–Kier alpha value is -0.0800. The second kappa shape index (κ2) is 14.3. The van der Waals surface area contributed by atoms with Gasteiger partial charge in [0.05, 0.1) is 6.61 Å². The Morgan fingerprint density at radius 1 is 1.22 bits per heavy atom. The van der Waals surface area contributed by atoms with Crippen LogP contribution in [0.5, 0.6) is 0 Å². The molecule has 0 bridgehead atoms. The summed E-state index contributed by atoms with van der Waals surface area (Å²) in [5.41, 5.74) is 0. The number of nitrogens with one attached hydrogen (secondary N) is 2. The Kier molecular flexibility index (Phi) is 14.2. The molecule has 5 nitrogen and oxygen atoms in total. The molecule has 0 aromatic rings. The van der Waals surface area contributed by atoms with E-state index in [1.54, 1.807) is 0 Å². The summed E-state index contributed by atoms with van der Waals surface area (Å²) < 4.78 is 5.63. The van der Waals surface area contributed by atoms with Gasteiger partial charge in [0.1, 0.15) is 0 Å². The topological polar surface area (TPSA) is 48.9 Å². The fourth-order valence-electron chi connectivity index (χ4n) is 2.47. The van der Waals surface area contributed by atoms with Crippen LogP contribution in [0.25, 0.3) is 0 Å². The third-order valence-electron chi connectivity index (χ3n) is 4.07. The van der Waals surface area contributed by atoms with Crippen molar-refractivity contribution in [3.8, 4) is 0 Å². The molecule has 23 heavy (non-hydrogen) atoms. The van der Waals surface area contributed by atoms with Crippen molar-refractivity contribution >= 4 is 29.9 Å². The zero-order chi connectivity index (χ0) is 16.2. The summed E-state index contributed by atoms with van der Waals surface area (Å²) in [6.45, 7) is 13.2. The van der Waals surface area contributed by atoms with Crippen LogP contribution in [0.1, 0.15) is 40.0 Å². The Morgan fingerprint density at radius 3 is 2.52 bits per heavy atom. The number of guanidine groups is 1. The van der Waals surface area contributed by atoms with Gasteiger partial charge < -0.3 is 20.3 Å². The van der Waals surface area contributed by atoms with Gasteiger partial charge >= 0.3 is 0 Å². The summed E-state index contributed by atoms with van der Waals surface area (Å²) in [5, 5.41) is 6.67. The predicted molar refractivity (Wildman–Crippen MR) is 110 cm³/mol. The molecule has 1 heterocycles. The lowest BCUT2D eigenvalue weighted by Crippen LogP contribution is -2.39. The van der Waals surface area contributed by atoms with E-state index in [9.17, 15) is 0 Å². The maximum Gasteiger partial charge on any atom is 0.191 e. The van der Waals surface area contributed by atoms with Crippen LogP contribution in [0, 0.1) is 11.8 Å². The van der Waals surface area contributed by atoms with Crippen molar-refractivity contribution in [2.24, 2.45) is 16.8 Å². The molecule has 0 spiro atoms. The third-order valence-corrected chi connectivity index (χ3v) is 4.07. The highest BCUT2D eigenvalue weighted by Crippen LogP contribution is 2.15. The van der Waals surface area contributed by atoms with Crippen molar-refractivity contribution in [2.75, 3.05) is 53.0 Å². The summed E-state index contributed by atoms with van der Waals surface area (Å²) in [4.78, 5) is 7.13. The summed E-state index contributed by atoms with van der Waals surface area (Å²) in [6, 6.07) is 0. The minimum Gasteiger partial charge on any atom is -0.380 e. The first-order valence-electron chi connectivity index (χ1n) is 8.90. The molecule has 1 rings (SSSR count). The second-order valence-electron chi connectivity index (χ2n) is 6.69. The Bertz CT molecular complexity index is 305. The molecule has 0 aromatic carbocycles. The van der Waals surface area contributed by atoms with Gasteiger partial charge in [0.25, 0.3) is 0 Å². The summed E-state index contributed by atoms with van der Waals surface area (Å²) in [6.07, 6.45) is 3.65. The smallest absolute Gasteiger partial charge is 0.191 e. The van der Waals surface area contributed by atoms with Crippen molar-refractivity contribution in [2.45, 2.75) is 40.0 Å². The highest BCUT2D eigenvalue weighted by molar-refractivity contribution is 14.0. The Morgan fingerprint density at radius 2 is 1.91 bits per heavy atom. The number of hydrogen-bond acceptors (Lipinski definition) is 3. The van der Waals surface area contributed by atoms with E-state index in [0.717, 1.165) is 51.1 Å². The van der Waals surface area contributed by atoms with Gasteiger partial charge in [-0.1, -0.05) is 13.8 Å². The number of piperidine rings is 1. The van der Waals surface area contributed by atoms with Gasteiger partial charge in [-0.05, 0) is 58.2 Å². The molecule has 0 radical (unpaired) electrons. The first-order chi connectivity index (χ1) is 10.6. The van der Waals surface area contributed by atoms with E-state index < -0.39 is 0 Å². The quantitative estimate of drug-likeness (QED) is 0.251. The molecular formula is C17H37IN4O. The maximum atomic E-state index is 5.63. The highest BCUT2D eigenvalue weighted by atomic mass is 127. The molecule has 1 fully saturated rings. The summed E-state index contributed by atoms with van der Waals surface area (Å²) >= 11 is 0. The average Bonchev–Trinajstić information content (AvgIpc) is 2.49. The van der Waals surface area contributed by atoms with Gasteiger partial charge in [-0.25, -0.2) is 0 Å². The lowest BCUT2D eigenvalue weighted by molar-refractivity contribution is 0.128. The van der Waals surface area contributed by atoms with Crippen LogP contribution in [0.3, 0.4) is 0 Å². The molecule has 0 aromatic heterocycles. The SMILES string of the molecule is CCNC(=NCC1CCN(C)CC1)NCCOCCC(C)C.I. The number of hydrogen-bond donors (Lipinski definition) is 2. The number of aliphatic imine (C=N–C) groups is 1. The number of ether oxygens (including phenoxy) is 1. The maximum absolute atomic E-state index is 5.63. The minimum atomic E-state index is 0. The lowest BCUT2D eigenvalue weighted by atomic mass is 9.97. The van der Waals surface area contributed by atoms with E-state index in [0.29, 0.717) is 5.92 Å². The third kappa shape index (κ3) is 12.0. The first-order valence-corrected chi connectivity index (χ1v) is 8.90. The van der Waals surface area contributed by atoms with Crippen molar-refractivity contribution in [3.05, 3.63) is 0 Å². The number of rotatable bonds is 9. The number of likely N-dealkylation sites (tertiary alicyclic amines) is 1. The van der Waals surface area contributed by atoms with Crippen LogP contribution < -0.4 is 10.6 Å². The van der Waals surface area contributed by atoms with Crippen LogP contribution in [-0.2, 0) is 4.74 Å². The first kappa shape index (κ1) is 22.9.